The van der Waals surface area contributed by atoms with Crippen LogP contribution in [0, 0.1) is 12.8 Å². The molecule has 2 bridgehead atoms. The quantitative estimate of drug-likeness (QED) is 0.689. The molecule has 3 fully saturated rings. The summed E-state index contributed by atoms with van der Waals surface area (Å²) in [6.07, 6.45) is 2.23. The molecule has 3 aliphatic rings. The first-order valence-corrected chi connectivity index (χ1v) is 5.21. The fraction of sp³-hybridized carbons (Fsp3) is 0.700. The van der Waals surface area contributed by atoms with Crippen molar-refractivity contribution in [1.82, 2.24) is 15.0 Å². The van der Waals surface area contributed by atoms with Crippen LogP contribution in [0.25, 0.3) is 0 Å². The second kappa shape index (κ2) is 2.59. The van der Waals surface area contributed by atoms with Gasteiger partial charge in [0.25, 0.3) is 0 Å². The molecule has 4 rings (SSSR count). The summed E-state index contributed by atoms with van der Waals surface area (Å²) in [7, 11) is 0. The number of nitrogens with zero attached hydrogens (tertiary/aromatic N) is 3. The van der Waals surface area contributed by atoms with Crippen molar-refractivity contribution in [3.8, 4) is 0 Å². The van der Waals surface area contributed by atoms with E-state index in [1.165, 1.54) is 0 Å². The zero-order chi connectivity index (χ0) is 10.6. The van der Waals surface area contributed by atoms with Gasteiger partial charge >= 0.3 is 11.8 Å². The number of carbonyl (C=O) groups is 1. The molecule has 2 aliphatic heterocycles. The van der Waals surface area contributed by atoms with Crippen LogP contribution in [0.5, 0.6) is 0 Å². The summed E-state index contributed by atoms with van der Waals surface area (Å²) in [5, 5.41) is 3.64. The van der Waals surface area contributed by atoms with Crippen LogP contribution in [0.3, 0.4) is 0 Å². The zero-order valence-electron chi connectivity index (χ0n) is 8.86. The maximum atomic E-state index is 12.0. The molecule has 1 amide bonds. The van der Waals surface area contributed by atoms with Gasteiger partial charge in [0.2, 0.25) is 0 Å². The van der Waals surface area contributed by atoms with Crippen molar-refractivity contribution < 1.29 is 9.32 Å². The van der Waals surface area contributed by atoms with E-state index in [9.17, 15) is 4.79 Å². The molecule has 5 heteroatoms. The Labute approximate surface area is 87.4 Å². The van der Waals surface area contributed by atoms with Gasteiger partial charge in [-0.15, -0.1) is 0 Å². The molecule has 1 aromatic rings. The van der Waals surface area contributed by atoms with E-state index in [2.05, 4.69) is 17.1 Å². The molecule has 2 saturated heterocycles. The van der Waals surface area contributed by atoms with Gasteiger partial charge in [-0.1, -0.05) is 5.16 Å². The van der Waals surface area contributed by atoms with Crippen molar-refractivity contribution in [1.29, 1.82) is 0 Å². The molecular formula is C10H13N3O2. The third-order valence-corrected chi connectivity index (χ3v) is 3.50. The standard InChI is InChI=1S/C10H13N3O2/c1-6-11-8(15-12-6)9(14)13-5-7-3-10(13,2)4-7/h7H,3-5H2,1-2H3. The highest BCUT2D eigenvalue weighted by Gasteiger charge is 2.55. The fourth-order valence-corrected chi connectivity index (χ4v) is 2.84. The van der Waals surface area contributed by atoms with Gasteiger partial charge in [-0.25, -0.2) is 0 Å². The van der Waals surface area contributed by atoms with E-state index >= 15 is 0 Å². The van der Waals surface area contributed by atoms with Crippen LogP contribution in [0.15, 0.2) is 4.52 Å². The molecule has 3 heterocycles. The molecule has 80 valence electrons. The van der Waals surface area contributed by atoms with E-state index in [0.29, 0.717) is 11.7 Å². The molecule has 0 spiro atoms. The minimum atomic E-state index is -0.113. The summed E-state index contributed by atoms with van der Waals surface area (Å²) in [4.78, 5) is 17.9. The van der Waals surface area contributed by atoms with Gasteiger partial charge in [-0.05, 0) is 32.6 Å². The monoisotopic (exact) mass is 207 g/mol. The third kappa shape index (κ3) is 1.12. The molecule has 0 unspecified atom stereocenters. The summed E-state index contributed by atoms with van der Waals surface area (Å²) in [6, 6.07) is 0. The molecule has 1 aliphatic carbocycles. The predicted octanol–water partition coefficient (Wildman–Crippen LogP) is 1.00. The van der Waals surface area contributed by atoms with E-state index in [4.69, 9.17) is 4.52 Å². The van der Waals surface area contributed by atoms with Crippen molar-refractivity contribution in [3.63, 3.8) is 0 Å². The van der Waals surface area contributed by atoms with Gasteiger partial charge in [-0.2, -0.15) is 4.98 Å². The highest BCUT2D eigenvalue weighted by atomic mass is 16.5. The number of hydrogen-bond donors (Lipinski definition) is 0. The van der Waals surface area contributed by atoms with Crippen LogP contribution in [0.4, 0.5) is 0 Å². The van der Waals surface area contributed by atoms with Crippen molar-refractivity contribution in [3.05, 3.63) is 11.7 Å². The molecule has 0 radical (unpaired) electrons. The normalized spacial score (nSPS) is 32.9. The second-order valence-electron chi connectivity index (χ2n) is 4.83. The Morgan fingerprint density at radius 3 is 2.80 bits per heavy atom. The van der Waals surface area contributed by atoms with Gasteiger partial charge in [-0.3, -0.25) is 4.79 Å². The van der Waals surface area contributed by atoms with E-state index in [-0.39, 0.29) is 17.3 Å². The van der Waals surface area contributed by atoms with Crippen LogP contribution in [-0.4, -0.2) is 33.0 Å². The van der Waals surface area contributed by atoms with Gasteiger partial charge in [0.05, 0.1) is 0 Å². The van der Waals surface area contributed by atoms with Crippen LogP contribution in [0.1, 0.15) is 36.3 Å². The van der Waals surface area contributed by atoms with Crippen molar-refractivity contribution in [2.75, 3.05) is 6.54 Å². The lowest BCUT2D eigenvalue weighted by molar-refractivity contribution is 0.0562. The Morgan fingerprint density at radius 1 is 1.60 bits per heavy atom. The SMILES string of the molecule is Cc1noc(C(=O)N2CC3CC2(C)C3)n1. The number of aryl methyl sites for hydroxylation is 1. The maximum Gasteiger partial charge on any atom is 0.316 e. The second-order valence-corrected chi connectivity index (χ2v) is 4.83. The smallest absolute Gasteiger partial charge is 0.316 e. The number of amides is 1. The first-order valence-electron chi connectivity index (χ1n) is 5.21. The fourth-order valence-electron chi connectivity index (χ4n) is 2.84. The molecule has 15 heavy (non-hydrogen) atoms. The molecule has 1 saturated carbocycles. The average molecular weight is 207 g/mol. The first-order chi connectivity index (χ1) is 7.08. The Balaban J connectivity index is 1.86. The topological polar surface area (TPSA) is 59.2 Å². The zero-order valence-corrected chi connectivity index (χ0v) is 8.86. The van der Waals surface area contributed by atoms with E-state index < -0.39 is 0 Å². The van der Waals surface area contributed by atoms with E-state index in [1.807, 2.05) is 4.90 Å². The van der Waals surface area contributed by atoms with Crippen molar-refractivity contribution in [2.24, 2.45) is 5.92 Å². The lowest BCUT2D eigenvalue weighted by Gasteiger charge is -2.37. The number of hydrogen-bond acceptors (Lipinski definition) is 4. The molecule has 5 nitrogen and oxygen atoms in total. The number of fused-ring (bicyclic) bond motifs is 1. The Bertz CT molecular complexity index is 420. The van der Waals surface area contributed by atoms with E-state index in [0.717, 1.165) is 19.4 Å². The molecule has 0 N–H and O–H groups in total. The average Bonchev–Trinajstić information content (AvgIpc) is 2.75. The predicted molar refractivity (Wildman–Crippen MR) is 51.2 cm³/mol. The van der Waals surface area contributed by atoms with Crippen molar-refractivity contribution >= 4 is 5.91 Å². The molecule has 0 atom stereocenters. The van der Waals surface area contributed by atoms with Gasteiger partial charge < -0.3 is 9.42 Å². The number of aromatic nitrogens is 2. The summed E-state index contributed by atoms with van der Waals surface area (Å²) in [5.41, 5.74) is 0.0458. The summed E-state index contributed by atoms with van der Waals surface area (Å²) < 4.78 is 4.90. The van der Waals surface area contributed by atoms with Crippen LogP contribution in [-0.2, 0) is 0 Å². The van der Waals surface area contributed by atoms with Crippen LogP contribution in [0.2, 0.25) is 0 Å². The lowest BCUT2D eigenvalue weighted by Crippen LogP contribution is -2.45. The Hall–Kier alpha value is -1.39. The van der Waals surface area contributed by atoms with Gasteiger partial charge in [0.15, 0.2) is 5.82 Å². The maximum absolute atomic E-state index is 12.0. The Kier molecular flexibility index (Phi) is 1.53. The third-order valence-electron chi connectivity index (χ3n) is 3.50. The summed E-state index contributed by atoms with van der Waals surface area (Å²) >= 11 is 0. The van der Waals surface area contributed by atoms with Crippen molar-refractivity contribution in [2.45, 2.75) is 32.2 Å². The Morgan fingerprint density at radius 2 is 2.33 bits per heavy atom. The van der Waals surface area contributed by atoms with E-state index in [1.54, 1.807) is 6.92 Å². The number of carbonyl (C=O) groups excluding carboxylic acids is 1. The largest absolute Gasteiger partial charge is 0.329 e. The highest BCUT2D eigenvalue weighted by molar-refractivity contribution is 5.90. The first kappa shape index (κ1) is 8.88. The van der Waals surface area contributed by atoms with Crippen LogP contribution >= 0.6 is 0 Å². The summed E-state index contributed by atoms with van der Waals surface area (Å²) in [6.45, 7) is 4.68. The van der Waals surface area contributed by atoms with Crippen LogP contribution < -0.4 is 0 Å². The lowest BCUT2D eigenvalue weighted by atomic mass is 9.75. The highest BCUT2D eigenvalue weighted by Crippen LogP contribution is 2.50. The minimum absolute atomic E-state index is 0.0458. The molecule has 0 aromatic carbocycles. The molecular weight excluding hydrogens is 194 g/mol. The minimum Gasteiger partial charge on any atom is -0.329 e. The molecule has 1 aromatic heterocycles. The van der Waals surface area contributed by atoms with Gasteiger partial charge in [0.1, 0.15) is 0 Å². The van der Waals surface area contributed by atoms with Gasteiger partial charge in [0, 0.05) is 12.1 Å². The number of rotatable bonds is 1. The summed E-state index contributed by atoms with van der Waals surface area (Å²) in [5.74, 6) is 1.21.